The third-order valence-electron chi connectivity index (χ3n) is 4.34. The largest absolute Gasteiger partial charge is 0.496 e. The first-order valence-corrected chi connectivity index (χ1v) is 9.38. The van der Waals surface area contributed by atoms with Crippen molar-refractivity contribution in [2.24, 2.45) is 0 Å². The van der Waals surface area contributed by atoms with Gasteiger partial charge in [-0.2, -0.15) is 0 Å². The van der Waals surface area contributed by atoms with Gasteiger partial charge < -0.3 is 15.2 Å². The Morgan fingerprint density at radius 2 is 1.76 bits per heavy atom. The van der Waals surface area contributed by atoms with Crippen molar-refractivity contribution < 1.29 is 19.4 Å². The first-order valence-electron chi connectivity index (χ1n) is 8.63. The van der Waals surface area contributed by atoms with Crippen molar-refractivity contribution in [1.29, 1.82) is 0 Å². The molecule has 0 fully saturated rings. The summed E-state index contributed by atoms with van der Waals surface area (Å²) in [4.78, 5) is 23.7. The van der Waals surface area contributed by atoms with Gasteiger partial charge in [0.05, 0.1) is 23.3 Å². The second kappa shape index (κ2) is 8.99. The number of aromatic carboxylic acids is 1. The number of hydrogen-bond donors (Lipinski definition) is 2. The molecule has 0 aliphatic heterocycles. The summed E-state index contributed by atoms with van der Waals surface area (Å²) in [5.74, 6) is -0.731. The maximum Gasteiger partial charge on any atom is 0.335 e. The summed E-state index contributed by atoms with van der Waals surface area (Å²) in [6.45, 7) is 0.202. The van der Waals surface area contributed by atoms with Gasteiger partial charge in [0.2, 0.25) is 0 Å². The van der Waals surface area contributed by atoms with E-state index in [4.69, 9.17) is 27.9 Å². The number of rotatable bonds is 6. The Balaban J connectivity index is 1.85. The van der Waals surface area contributed by atoms with Gasteiger partial charge in [-0.05, 0) is 53.6 Å². The summed E-state index contributed by atoms with van der Waals surface area (Å²) in [6, 6.07) is 16.8. The molecule has 0 saturated carbocycles. The molecule has 0 aliphatic carbocycles. The molecule has 0 saturated heterocycles. The number of carboxylic acid groups (broad SMARTS) is 1. The minimum Gasteiger partial charge on any atom is -0.496 e. The van der Waals surface area contributed by atoms with Crippen LogP contribution in [0.25, 0.3) is 11.1 Å². The molecule has 0 aliphatic rings. The summed E-state index contributed by atoms with van der Waals surface area (Å²) >= 11 is 12.0. The fourth-order valence-corrected chi connectivity index (χ4v) is 3.37. The minimum absolute atomic E-state index is 0.200. The zero-order valence-corrected chi connectivity index (χ0v) is 16.9. The zero-order valence-electron chi connectivity index (χ0n) is 15.4. The van der Waals surface area contributed by atoms with Crippen molar-refractivity contribution in [2.75, 3.05) is 7.11 Å². The maximum atomic E-state index is 12.5. The van der Waals surface area contributed by atoms with Gasteiger partial charge in [0.25, 0.3) is 5.91 Å². The molecule has 0 spiro atoms. The SMILES string of the molecule is COc1ccc(-c2cccc(C(=O)O)c2)cc1CNC(=O)c1ccc(Cl)cc1Cl. The van der Waals surface area contributed by atoms with Crippen molar-refractivity contribution in [3.05, 3.63) is 87.4 Å². The molecule has 7 heteroatoms. The van der Waals surface area contributed by atoms with Crippen LogP contribution < -0.4 is 10.1 Å². The summed E-state index contributed by atoms with van der Waals surface area (Å²) in [7, 11) is 1.54. The van der Waals surface area contributed by atoms with Crippen LogP contribution in [0.4, 0.5) is 0 Å². The molecule has 0 bridgehead atoms. The van der Waals surface area contributed by atoms with Gasteiger partial charge >= 0.3 is 5.97 Å². The standard InChI is InChI=1S/C22H17Cl2NO4/c1-29-20-8-5-14(13-3-2-4-15(9-13)22(27)28)10-16(20)12-25-21(26)18-7-6-17(23)11-19(18)24/h2-11H,12H2,1H3,(H,25,26)(H,27,28). The van der Waals surface area contributed by atoms with Crippen LogP contribution in [0, 0.1) is 0 Å². The number of hydrogen-bond acceptors (Lipinski definition) is 3. The fourth-order valence-electron chi connectivity index (χ4n) is 2.87. The molecule has 5 nitrogen and oxygen atoms in total. The van der Waals surface area contributed by atoms with Crippen LogP contribution in [-0.4, -0.2) is 24.1 Å². The van der Waals surface area contributed by atoms with Crippen LogP contribution >= 0.6 is 23.2 Å². The van der Waals surface area contributed by atoms with Crippen molar-refractivity contribution in [1.82, 2.24) is 5.32 Å². The van der Waals surface area contributed by atoms with Gasteiger partial charge in [0.15, 0.2) is 0 Å². The monoisotopic (exact) mass is 429 g/mol. The highest BCUT2D eigenvalue weighted by atomic mass is 35.5. The van der Waals surface area contributed by atoms with Gasteiger partial charge in [-0.25, -0.2) is 4.79 Å². The van der Waals surface area contributed by atoms with Crippen molar-refractivity contribution in [3.63, 3.8) is 0 Å². The number of carboxylic acids is 1. The van der Waals surface area contributed by atoms with Crippen LogP contribution in [0.2, 0.25) is 10.0 Å². The molecule has 0 unspecified atom stereocenters. The molecular weight excluding hydrogens is 413 g/mol. The van der Waals surface area contributed by atoms with Gasteiger partial charge in [0, 0.05) is 17.1 Å². The van der Waals surface area contributed by atoms with E-state index in [0.717, 1.165) is 16.7 Å². The number of carbonyl (C=O) groups excluding carboxylic acids is 1. The zero-order chi connectivity index (χ0) is 21.0. The highest BCUT2D eigenvalue weighted by Gasteiger charge is 2.13. The molecular formula is C22H17Cl2NO4. The average Bonchev–Trinajstić information content (AvgIpc) is 2.71. The highest BCUT2D eigenvalue weighted by molar-refractivity contribution is 6.36. The van der Waals surface area contributed by atoms with Crippen molar-refractivity contribution in [2.45, 2.75) is 6.54 Å². The lowest BCUT2D eigenvalue weighted by atomic mass is 10.0. The van der Waals surface area contributed by atoms with E-state index in [1.165, 1.54) is 12.1 Å². The van der Waals surface area contributed by atoms with Crippen molar-refractivity contribution in [3.8, 4) is 16.9 Å². The van der Waals surface area contributed by atoms with E-state index in [9.17, 15) is 14.7 Å². The van der Waals surface area contributed by atoms with E-state index in [2.05, 4.69) is 5.32 Å². The Bertz CT molecular complexity index is 1080. The predicted molar refractivity (Wildman–Crippen MR) is 113 cm³/mol. The summed E-state index contributed by atoms with van der Waals surface area (Å²) in [5, 5.41) is 12.7. The number of halogens is 2. The molecule has 3 aromatic carbocycles. The molecule has 0 aromatic heterocycles. The number of nitrogens with one attached hydrogen (secondary N) is 1. The molecule has 2 N–H and O–H groups in total. The summed E-state index contributed by atoms with van der Waals surface area (Å²) in [5.41, 5.74) is 2.82. The molecule has 0 heterocycles. The lowest BCUT2D eigenvalue weighted by Crippen LogP contribution is -2.23. The molecule has 1 amide bonds. The van der Waals surface area contributed by atoms with Gasteiger partial charge in [0.1, 0.15) is 5.75 Å². The van der Waals surface area contributed by atoms with Crippen molar-refractivity contribution >= 4 is 35.1 Å². The Hall–Kier alpha value is -3.02. The predicted octanol–water partition coefficient (Wildman–Crippen LogP) is 5.30. The van der Waals surface area contributed by atoms with E-state index in [-0.39, 0.29) is 23.0 Å². The fraction of sp³-hybridized carbons (Fsp3) is 0.0909. The van der Waals surface area contributed by atoms with Gasteiger partial charge in [-0.1, -0.05) is 41.4 Å². The Morgan fingerprint density at radius 1 is 1.00 bits per heavy atom. The third-order valence-corrected chi connectivity index (χ3v) is 4.89. The lowest BCUT2D eigenvalue weighted by Gasteiger charge is -2.13. The van der Waals surface area contributed by atoms with Gasteiger partial charge in [-0.3, -0.25) is 4.79 Å². The normalized spacial score (nSPS) is 10.4. The number of benzene rings is 3. The smallest absolute Gasteiger partial charge is 0.335 e. The molecule has 0 atom stereocenters. The highest BCUT2D eigenvalue weighted by Crippen LogP contribution is 2.28. The number of carbonyl (C=O) groups is 2. The molecule has 148 valence electrons. The first kappa shape index (κ1) is 20.7. The number of methoxy groups -OCH3 is 1. The third kappa shape index (κ3) is 4.88. The summed E-state index contributed by atoms with van der Waals surface area (Å²) < 4.78 is 5.39. The van der Waals surface area contributed by atoms with Crippen LogP contribution in [-0.2, 0) is 6.54 Å². The number of ether oxygens (including phenoxy) is 1. The van der Waals surface area contributed by atoms with E-state index in [1.54, 1.807) is 37.4 Å². The van der Waals surface area contributed by atoms with E-state index >= 15 is 0 Å². The van der Waals surface area contributed by atoms with E-state index in [0.29, 0.717) is 16.3 Å². The Labute approximate surface area is 177 Å². The van der Waals surface area contributed by atoms with E-state index < -0.39 is 5.97 Å². The molecule has 3 aromatic rings. The van der Waals surface area contributed by atoms with Gasteiger partial charge in [-0.15, -0.1) is 0 Å². The van der Waals surface area contributed by atoms with Crippen LogP contribution in [0.3, 0.4) is 0 Å². The topological polar surface area (TPSA) is 75.6 Å². The van der Waals surface area contributed by atoms with E-state index in [1.807, 2.05) is 18.2 Å². The maximum absolute atomic E-state index is 12.5. The molecule has 0 radical (unpaired) electrons. The summed E-state index contributed by atoms with van der Waals surface area (Å²) in [6.07, 6.45) is 0. The Morgan fingerprint density at radius 3 is 2.45 bits per heavy atom. The second-order valence-corrected chi connectivity index (χ2v) is 7.06. The second-order valence-electron chi connectivity index (χ2n) is 6.22. The lowest BCUT2D eigenvalue weighted by molar-refractivity contribution is 0.0696. The average molecular weight is 430 g/mol. The molecule has 3 rings (SSSR count). The minimum atomic E-state index is -0.993. The molecule has 29 heavy (non-hydrogen) atoms. The Kier molecular flexibility index (Phi) is 6.42. The van der Waals surface area contributed by atoms with Crippen LogP contribution in [0.5, 0.6) is 5.75 Å². The van der Waals surface area contributed by atoms with Crippen LogP contribution in [0.15, 0.2) is 60.7 Å². The quantitative estimate of drug-likeness (QED) is 0.557. The number of amides is 1. The van der Waals surface area contributed by atoms with Crippen LogP contribution in [0.1, 0.15) is 26.3 Å². The first-order chi connectivity index (χ1) is 13.9.